The van der Waals surface area contributed by atoms with Crippen molar-refractivity contribution in [2.45, 2.75) is 117 Å². The first-order valence-corrected chi connectivity index (χ1v) is 15.3. The van der Waals surface area contributed by atoms with Crippen molar-refractivity contribution in [2.75, 3.05) is 12.3 Å². The third-order valence-corrected chi connectivity index (χ3v) is 9.10. The van der Waals surface area contributed by atoms with Crippen molar-refractivity contribution in [2.24, 2.45) is 10.8 Å². The number of carbonyl (C=O) groups excluding carboxylic acids is 1. The first kappa shape index (κ1) is 29.4. The highest BCUT2D eigenvalue weighted by molar-refractivity contribution is 8.76. The standard InChI is InChI=1S/C28H49NOS2/c1-7-10-15-20-28(6,21-16-11-8-2)23-31-32-25-18-14-13-17-24(25)26(30)29-22-27(4,5)19-12-9-3/h13-14,17-18H,7-12,15-16,19-23H2,1-6H3,(H,29,30). The number of unbranched alkanes of at least 4 members (excludes halogenated alkanes) is 5. The first-order valence-electron chi connectivity index (χ1n) is 12.9. The molecule has 0 bridgehead atoms. The lowest BCUT2D eigenvalue weighted by Crippen LogP contribution is -2.34. The van der Waals surface area contributed by atoms with Crippen LogP contribution in [0.3, 0.4) is 0 Å². The van der Waals surface area contributed by atoms with Gasteiger partial charge in [0.1, 0.15) is 0 Å². The minimum atomic E-state index is 0.0620. The molecule has 32 heavy (non-hydrogen) atoms. The highest BCUT2D eigenvalue weighted by Crippen LogP contribution is 2.42. The average Bonchev–Trinajstić information content (AvgIpc) is 2.77. The summed E-state index contributed by atoms with van der Waals surface area (Å²) in [5, 5.41) is 3.20. The molecule has 0 unspecified atom stereocenters. The van der Waals surface area contributed by atoms with E-state index in [0.717, 1.165) is 29.2 Å². The van der Waals surface area contributed by atoms with Crippen molar-refractivity contribution in [3.8, 4) is 0 Å². The van der Waals surface area contributed by atoms with E-state index in [1.165, 1.54) is 64.2 Å². The van der Waals surface area contributed by atoms with Gasteiger partial charge in [0.05, 0.1) is 5.56 Å². The van der Waals surface area contributed by atoms with Gasteiger partial charge in [-0.15, -0.1) is 0 Å². The van der Waals surface area contributed by atoms with Gasteiger partial charge < -0.3 is 5.32 Å². The Balaban J connectivity index is 2.68. The lowest BCUT2D eigenvalue weighted by molar-refractivity contribution is 0.0931. The van der Waals surface area contributed by atoms with E-state index in [2.05, 4.69) is 52.9 Å². The molecule has 1 amide bonds. The third kappa shape index (κ3) is 12.0. The van der Waals surface area contributed by atoms with Gasteiger partial charge in [0.25, 0.3) is 5.91 Å². The maximum absolute atomic E-state index is 13.0. The van der Waals surface area contributed by atoms with Gasteiger partial charge in [-0.1, -0.05) is 127 Å². The topological polar surface area (TPSA) is 29.1 Å². The largest absolute Gasteiger partial charge is 0.351 e. The smallest absolute Gasteiger partial charge is 0.252 e. The number of benzene rings is 1. The summed E-state index contributed by atoms with van der Waals surface area (Å²) in [5.41, 5.74) is 1.35. The molecule has 1 aromatic carbocycles. The van der Waals surface area contributed by atoms with Crippen molar-refractivity contribution in [3.05, 3.63) is 29.8 Å². The van der Waals surface area contributed by atoms with E-state index in [9.17, 15) is 4.79 Å². The Kier molecular flexibility index (Phi) is 14.8. The number of hydrogen-bond acceptors (Lipinski definition) is 3. The number of carbonyl (C=O) groups is 1. The van der Waals surface area contributed by atoms with Crippen molar-refractivity contribution < 1.29 is 4.79 Å². The summed E-state index contributed by atoms with van der Waals surface area (Å²) in [6.07, 6.45) is 14.1. The van der Waals surface area contributed by atoms with Crippen LogP contribution < -0.4 is 5.32 Å². The van der Waals surface area contributed by atoms with E-state index >= 15 is 0 Å². The van der Waals surface area contributed by atoms with E-state index in [0.29, 0.717) is 5.41 Å². The maximum atomic E-state index is 13.0. The second-order valence-corrected chi connectivity index (χ2v) is 12.9. The van der Waals surface area contributed by atoms with Crippen LogP contribution >= 0.6 is 21.6 Å². The molecular weight excluding hydrogens is 430 g/mol. The third-order valence-electron chi connectivity index (χ3n) is 6.39. The highest BCUT2D eigenvalue weighted by Gasteiger charge is 2.24. The van der Waals surface area contributed by atoms with Crippen LogP contribution in [0.4, 0.5) is 0 Å². The minimum Gasteiger partial charge on any atom is -0.351 e. The minimum absolute atomic E-state index is 0.0620. The van der Waals surface area contributed by atoms with Crippen molar-refractivity contribution in [1.82, 2.24) is 5.32 Å². The molecule has 0 aliphatic rings. The fourth-order valence-corrected chi connectivity index (χ4v) is 6.98. The van der Waals surface area contributed by atoms with Gasteiger partial charge in [-0.05, 0) is 42.2 Å². The molecular formula is C28H49NOS2. The Morgan fingerprint density at radius 2 is 1.44 bits per heavy atom. The molecule has 1 aromatic rings. The van der Waals surface area contributed by atoms with E-state index < -0.39 is 0 Å². The maximum Gasteiger partial charge on any atom is 0.252 e. The zero-order chi connectivity index (χ0) is 23.9. The predicted molar refractivity (Wildman–Crippen MR) is 147 cm³/mol. The number of amides is 1. The summed E-state index contributed by atoms with van der Waals surface area (Å²) in [7, 11) is 3.72. The molecule has 0 fully saturated rings. The van der Waals surface area contributed by atoms with Crippen molar-refractivity contribution in [3.63, 3.8) is 0 Å². The number of rotatable bonds is 18. The molecule has 1 rings (SSSR count). The number of hydrogen-bond donors (Lipinski definition) is 1. The van der Waals surface area contributed by atoms with Gasteiger partial charge in [0.2, 0.25) is 0 Å². The Morgan fingerprint density at radius 3 is 2.03 bits per heavy atom. The van der Waals surface area contributed by atoms with Gasteiger partial charge in [0.15, 0.2) is 0 Å². The van der Waals surface area contributed by atoms with Gasteiger partial charge in [-0.25, -0.2) is 0 Å². The normalized spacial score (nSPS) is 12.2. The monoisotopic (exact) mass is 479 g/mol. The van der Waals surface area contributed by atoms with Crippen LogP contribution in [0.2, 0.25) is 0 Å². The van der Waals surface area contributed by atoms with E-state index in [1.807, 2.05) is 29.0 Å². The van der Waals surface area contributed by atoms with Crippen LogP contribution in [0.15, 0.2) is 29.2 Å². The molecule has 0 saturated carbocycles. The summed E-state index contributed by atoms with van der Waals surface area (Å²) >= 11 is 0. The Bertz CT molecular complexity index is 634. The summed E-state index contributed by atoms with van der Waals surface area (Å²) in [6.45, 7) is 14.5. The summed E-state index contributed by atoms with van der Waals surface area (Å²) in [4.78, 5) is 14.0. The molecule has 0 aromatic heterocycles. The Hall–Kier alpha value is -0.610. The van der Waals surface area contributed by atoms with Crippen LogP contribution in [-0.2, 0) is 0 Å². The van der Waals surface area contributed by atoms with Crippen LogP contribution in [0.1, 0.15) is 123 Å². The van der Waals surface area contributed by atoms with Gasteiger partial charge >= 0.3 is 0 Å². The molecule has 4 heteroatoms. The van der Waals surface area contributed by atoms with Crippen LogP contribution in [-0.4, -0.2) is 18.2 Å². The van der Waals surface area contributed by atoms with Crippen LogP contribution in [0, 0.1) is 10.8 Å². The molecule has 0 atom stereocenters. The molecule has 2 nitrogen and oxygen atoms in total. The fourth-order valence-electron chi connectivity index (χ4n) is 3.99. The van der Waals surface area contributed by atoms with E-state index in [-0.39, 0.29) is 11.3 Å². The second-order valence-electron chi connectivity index (χ2n) is 10.5. The Morgan fingerprint density at radius 1 is 0.844 bits per heavy atom. The Labute approximate surface area is 207 Å². The van der Waals surface area contributed by atoms with Gasteiger partial charge in [-0.2, -0.15) is 0 Å². The molecule has 0 spiro atoms. The molecule has 0 saturated heterocycles. The number of nitrogens with one attached hydrogen (secondary N) is 1. The lowest BCUT2D eigenvalue weighted by Gasteiger charge is -2.29. The zero-order valence-electron chi connectivity index (χ0n) is 21.7. The van der Waals surface area contributed by atoms with Crippen LogP contribution in [0.5, 0.6) is 0 Å². The summed E-state index contributed by atoms with van der Waals surface area (Å²) in [6, 6.07) is 8.09. The van der Waals surface area contributed by atoms with E-state index in [1.54, 1.807) is 10.8 Å². The van der Waals surface area contributed by atoms with E-state index in [4.69, 9.17) is 0 Å². The fraction of sp³-hybridized carbons (Fsp3) is 0.750. The lowest BCUT2D eigenvalue weighted by atomic mass is 9.81. The quantitative estimate of drug-likeness (QED) is 0.168. The van der Waals surface area contributed by atoms with Crippen molar-refractivity contribution in [1.29, 1.82) is 0 Å². The molecule has 0 aliphatic carbocycles. The summed E-state index contributed by atoms with van der Waals surface area (Å²) < 4.78 is 0. The van der Waals surface area contributed by atoms with Crippen molar-refractivity contribution >= 4 is 27.5 Å². The first-order chi connectivity index (χ1) is 15.3. The molecule has 0 heterocycles. The predicted octanol–water partition coefficient (Wildman–Crippen LogP) is 9.54. The molecule has 0 aliphatic heterocycles. The average molecular weight is 480 g/mol. The highest BCUT2D eigenvalue weighted by atomic mass is 33.1. The molecule has 184 valence electrons. The van der Waals surface area contributed by atoms with Crippen LogP contribution in [0.25, 0.3) is 0 Å². The summed E-state index contributed by atoms with van der Waals surface area (Å²) in [5.74, 6) is 1.21. The molecule has 0 radical (unpaired) electrons. The molecule has 1 N–H and O–H groups in total. The zero-order valence-corrected chi connectivity index (χ0v) is 23.4. The SMILES string of the molecule is CCCCCC(C)(CCCCC)CSSc1ccccc1C(=O)NCC(C)(C)CCCC. The van der Waals surface area contributed by atoms with Gasteiger partial charge in [0, 0.05) is 17.2 Å². The second kappa shape index (κ2) is 16.1. The van der Waals surface area contributed by atoms with Gasteiger partial charge in [-0.3, -0.25) is 4.79 Å².